The van der Waals surface area contributed by atoms with Crippen molar-refractivity contribution in [2.45, 2.75) is 65.5 Å². The lowest BCUT2D eigenvalue weighted by Crippen LogP contribution is -2.60. The van der Waals surface area contributed by atoms with Gasteiger partial charge in [-0.15, -0.1) is 0 Å². The summed E-state index contributed by atoms with van der Waals surface area (Å²) in [6.07, 6.45) is 0. The quantitative estimate of drug-likeness (QED) is 0.753. The van der Waals surface area contributed by atoms with Crippen LogP contribution in [0.1, 0.15) is 64.5 Å². The summed E-state index contributed by atoms with van der Waals surface area (Å²) in [6.45, 7) is 12.4. The fraction of sp³-hybridized carbons (Fsp3) is 0.650. The predicted molar refractivity (Wildman–Crippen MR) is 114 cm³/mol. The zero-order valence-electron chi connectivity index (χ0n) is 18.3. The molecule has 0 bridgehead atoms. The first kappa shape index (κ1) is 23.6. The molecule has 0 saturated carbocycles. The molecule has 2 atom stereocenters. The van der Waals surface area contributed by atoms with Gasteiger partial charge < -0.3 is 10.2 Å². The van der Waals surface area contributed by atoms with Crippen molar-refractivity contribution in [3.63, 3.8) is 0 Å². The number of benzene rings is 1. The highest BCUT2D eigenvalue weighted by Crippen LogP contribution is 2.33. The molecule has 2 rings (SSSR count). The Balaban J connectivity index is 2.29. The number of amides is 2. The third-order valence-corrected chi connectivity index (χ3v) is 6.88. The predicted octanol–water partition coefficient (Wildman–Crippen LogP) is 3.46. The van der Waals surface area contributed by atoms with Crippen LogP contribution in [-0.4, -0.2) is 55.9 Å². The Labute approximate surface area is 173 Å². The molecule has 2 amide bonds. The van der Waals surface area contributed by atoms with Gasteiger partial charge in [-0.05, 0) is 56.0 Å². The number of carbonyl (C=O) groups excluding carboxylic acids is 1. The number of anilines is 1. The lowest BCUT2D eigenvalue weighted by Gasteiger charge is -2.41. The topological polar surface area (TPSA) is 81.8 Å². The van der Waals surface area contributed by atoms with Gasteiger partial charge in [-0.3, -0.25) is 0 Å². The summed E-state index contributed by atoms with van der Waals surface area (Å²) >= 11 is 0. The van der Waals surface area contributed by atoms with Crippen molar-refractivity contribution >= 4 is 21.9 Å². The van der Waals surface area contributed by atoms with E-state index in [1.807, 2.05) is 48.6 Å². The molecule has 1 aromatic rings. The van der Waals surface area contributed by atoms with E-state index in [0.717, 1.165) is 0 Å². The molecule has 1 saturated heterocycles. The molecule has 9 heteroatoms. The first-order chi connectivity index (χ1) is 13.3. The van der Waals surface area contributed by atoms with Gasteiger partial charge in [0.1, 0.15) is 5.82 Å². The van der Waals surface area contributed by atoms with Crippen LogP contribution in [0, 0.1) is 5.82 Å². The Morgan fingerprint density at radius 3 is 1.93 bits per heavy atom. The van der Waals surface area contributed by atoms with Crippen LogP contribution >= 0.6 is 0 Å². The molecule has 1 aliphatic rings. The molecule has 2 unspecified atom stereocenters. The van der Waals surface area contributed by atoms with Crippen LogP contribution in [0.5, 0.6) is 0 Å². The summed E-state index contributed by atoms with van der Waals surface area (Å²) in [4.78, 5) is 14.7. The van der Waals surface area contributed by atoms with Gasteiger partial charge in [0.2, 0.25) is 0 Å². The molecule has 1 aromatic carbocycles. The average molecular weight is 429 g/mol. The Kier molecular flexibility index (Phi) is 7.29. The van der Waals surface area contributed by atoms with E-state index in [-0.39, 0.29) is 29.7 Å². The van der Waals surface area contributed by atoms with Gasteiger partial charge in [-0.25, -0.2) is 13.9 Å². The maximum Gasteiger partial charge on any atom is 0.333 e. The summed E-state index contributed by atoms with van der Waals surface area (Å²) in [5.41, 5.74) is 1.72. The van der Waals surface area contributed by atoms with Gasteiger partial charge in [-0.2, -0.15) is 12.7 Å². The lowest BCUT2D eigenvalue weighted by molar-refractivity contribution is 0.122. The molecule has 7 nitrogen and oxygen atoms in total. The molecule has 2 N–H and O–H groups in total. The number of nitrogens with zero attached hydrogens (tertiary/aromatic N) is 2. The zero-order chi connectivity index (χ0) is 22.1. The van der Waals surface area contributed by atoms with Crippen molar-refractivity contribution in [3.8, 4) is 0 Å². The van der Waals surface area contributed by atoms with Crippen molar-refractivity contribution in [1.82, 2.24) is 13.9 Å². The minimum atomic E-state index is -4.03. The summed E-state index contributed by atoms with van der Waals surface area (Å²) in [6, 6.07) is 1.38. The Morgan fingerprint density at radius 1 is 1.07 bits per heavy atom. The van der Waals surface area contributed by atoms with Gasteiger partial charge in [0.25, 0.3) is 0 Å². The Hall–Kier alpha value is -1.71. The zero-order valence-corrected chi connectivity index (χ0v) is 19.1. The summed E-state index contributed by atoms with van der Waals surface area (Å²) in [7, 11) is -2.09. The van der Waals surface area contributed by atoms with Crippen LogP contribution in [0.4, 0.5) is 14.9 Å². The molecule has 1 heterocycles. The van der Waals surface area contributed by atoms with Crippen LogP contribution in [0.2, 0.25) is 0 Å². The van der Waals surface area contributed by atoms with Crippen molar-refractivity contribution in [1.29, 1.82) is 0 Å². The van der Waals surface area contributed by atoms with E-state index < -0.39 is 16.2 Å². The lowest BCUT2D eigenvalue weighted by atomic mass is 9.92. The van der Waals surface area contributed by atoms with Crippen LogP contribution in [-0.2, 0) is 10.2 Å². The van der Waals surface area contributed by atoms with E-state index >= 15 is 0 Å². The van der Waals surface area contributed by atoms with Gasteiger partial charge in [0.15, 0.2) is 0 Å². The van der Waals surface area contributed by atoms with E-state index in [1.54, 1.807) is 0 Å². The molecule has 0 aliphatic carbocycles. The number of likely N-dealkylation sites (N-methyl/N-ethyl adjacent to an activating group) is 1. The van der Waals surface area contributed by atoms with Gasteiger partial charge >= 0.3 is 16.2 Å². The van der Waals surface area contributed by atoms with Crippen LogP contribution in [0.25, 0.3) is 0 Å². The maximum atomic E-state index is 14.1. The second-order valence-corrected chi connectivity index (χ2v) is 10.2. The standard InChI is InChI=1S/C20H33FN4O3S/c1-12(2)17-8-16(21)9-18(13(3)4)19(17)22-20(26)23-29(27,28)25-14(5)10-24(7)11-15(25)6/h8-9,12-15H,10-11H2,1-7H3,(H2,22,23,26). The molecular formula is C20H33FN4O3S. The van der Waals surface area contributed by atoms with E-state index in [9.17, 15) is 17.6 Å². The summed E-state index contributed by atoms with van der Waals surface area (Å²) in [5.74, 6) is -0.475. The van der Waals surface area contributed by atoms with Gasteiger partial charge in [0.05, 0.1) is 0 Å². The molecule has 164 valence electrons. The number of rotatable bonds is 5. The second kappa shape index (κ2) is 8.97. The highest BCUT2D eigenvalue weighted by atomic mass is 32.2. The first-order valence-electron chi connectivity index (χ1n) is 9.97. The van der Waals surface area contributed by atoms with E-state index in [4.69, 9.17) is 0 Å². The molecule has 1 fully saturated rings. The molecule has 0 radical (unpaired) electrons. The SMILES string of the molecule is CC(C)c1cc(F)cc(C(C)C)c1NC(=O)NS(=O)(=O)N1C(C)CN(C)CC1C. The van der Waals surface area contributed by atoms with Crippen LogP contribution < -0.4 is 10.0 Å². The molecule has 1 aliphatic heterocycles. The molecule has 0 aromatic heterocycles. The molecule has 0 spiro atoms. The largest absolute Gasteiger partial charge is 0.333 e. The van der Waals surface area contributed by atoms with Crippen LogP contribution in [0.15, 0.2) is 12.1 Å². The number of nitrogens with one attached hydrogen (secondary N) is 2. The Bertz CT molecular complexity index is 816. The third-order valence-electron chi connectivity index (χ3n) is 5.17. The highest BCUT2D eigenvalue weighted by molar-refractivity contribution is 7.87. The number of hydrogen-bond acceptors (Lipinski definition) is 4. The average Bonchev–Trinajstić information content (AvgIpc) is 2.53. The van der Waals surface area contributed by atoms with Crippen molar-refractivity contribution in [2.75, 3.05) is 25.5 Å². The Morgan fingerprint density at radius 2 is 1.52 bits per heavy atom. The third kappa shape index (κ3) is 5.46. The van der Waals surface area contributed by atoms with Gasteiger partial charge in [0, 0.05) is 30.9 Å². The van der Waals surface area contributed by atoms with E-state index in [0.29, 0.717) is 29.9 Å². The molecular weight excluding hydrogens is 395 g/mol. The van der Waals surface area contributed by atoms with Gasteiger partial charge in [-0.1, -0.05) is 27.7 Å². The smallest absolute Gasteiger partial charge is 0.307 e. The monoisotopic (exact) mass is 428 g/mol. The minimum absolute atomic E-state index is 0.0483. The summed E-state index contributed by atoms with van der Waals surface area (Å²) < 4.78 is 43.3. The van der Waals surface area contributed by atoms with Crippen LogP contribution in [0.3, 0.4) is 0 Å². The summed E-state index contributed by atoms with van der Waals surface area (Å²) in [5, 5.41) is 2.67. The van der Waals surface area contributed by atoms with Crippen molar-refractivity contribution in [2.24, 2.45) is 0 Å². The van der Waals surface area contributed by atoms with Crippen molar-refractivity contribution < 1.29 is 17.6 Å². The number of carbonyl (C=O) groups is 1. The fourth-order valence-corrected chi connectivity index (χ4v) is 5.53. The number of halogens is 1. The minimum Gasteiger partial charge on any atom is -0.307 e. The highest BCUT2D eigenvalue weighted by Gasteiger charge is 2.37. The number of urea groups is 1. The van der Waals surface area contributed by atoms with Crippen molar-refractivity contribution in [3.05, 3.63) is 29.1 Å². The first-order valence-corrected chi connectivity index (χ1v) is 11.4. The second-order valence-electron chi connectivity index (χ2n) is 8.58. The van der Waals surface area contributed by atoms with E-state index in [1.165, 1.54) is 16.4 Å². The van der Waals surface area contributed by atoms with E-state index in [2.05, 4.69) is 14.9 Å². The maximum absolute atomic E-state index is 14.1. The number of piperazine rings is 1. The molecule has 29 heavy (non-hydrogen) atoms. The fourth-order valence-electron chi connectivity index (χ4n) is 4.06. The normalized spacial score (nSPS) is 21.6. The number of hydrogen-bond donors (Lipinski definition) is 2.